The van der Waals surface area contributed by atoms with Crippen LogP contribution in [0.2, 0.25) is 19.6 Å². The van der Waals surface area contributed by atoms with Crippen LogP contribution in [0.1, 0.15) is 26.4 Å². The summed E-state index contributed by atoms with van der Waals surface area (Å²) in [5, 5.41) is 2.05. The summed E-state index contributed by atoms with van der Waals surface area (Å²) >= 11 is 1.50. The molecule has 0 fully saturated rings. The Hall–Kier alpha value is -1.63. The maximum Gasteiger partial charge on any atom is 0.160 e. The average molecular weight is 298 g/mol. The highest BCUT2D eigenvalue weighted by Crippen LogP contribution is 2.17. The summed E-state index contributed by atoms with van der Waals surface area (Å²) in [4.78, 5) is 11.5. The molecule has 0 aliphatic heterocycles. The molecular formula is C17H18OSSi. The van der Waals surface area contributed by atoms with E-state index in [0.29, 0.717) is 0 Å². The van der Waals surface area contributed by atoms with E-state index >= 15 is 0 Å². The molecule has 0 atom stereocenters. The molecule has 102 valence electrons. The molecule has 0 aliphatic carbocycles. The highest BCUT2D eigenvalue weighted by atomic mass is 32.1. The molecule has 0 aliphatic rings. The SMILES string of the molecule is C[Si](C)(C)C#Cc1cccc(Cc2csc(C=O)c2)c1. The van der Waals surface area contributed by atoms with Crippen molar-refractivity contribution in [2.45, 2.75) is 26.1 Å². The topological polar surface area (TPSA) is 17.1 Å². The van der Waals surface area contributed by atoms with Crippen LogP contribution in [-0.4, -0.2) is 14.4 Å². The van der Waals surface area contributed by atoms with Crippen LogP contribution in [-0.2, 0) is 6.42 Å². The summed E-state index contributed by atoms with van der Waals surface area (Å²) in [6.45, 7) is 6.74. The molecule has 0 spiro atoms. The first-order valence-corrected chi connectivity index (χ1v) is 11.0. The van der Waals surface area contributed by atoms with Crippen LogP contribution < -0.4 is 0 Å². The van der Waals surface area contributed by atoms with Crippen molar-refractivity contribution in [1.82, 2.24) is 0 Å². The van der Waals surface area contributed by atoms with Crippen LogP contribution in [0.5, 0.6) is 0 Å². The van der Waals surface area contributed by atoms with Gasteiger partial charge in [-0.15, -0.1) is 16.9 Å². The van der Waals surface area contributed by atoms with Crippen molar-refractivity contribution >= 4 is 25.7 Å². The van der Waals surface area contributed by atoms with Gasteiger partial charge in [-0.05, 0) is 41.1 Å². The van der Waals surface area contributed by atoms with Gasteiger partial charge in [0.1, 0.15) is 8.07 Å². The number of benzene rings is 1. The molecule has 0 N–H and O–H groups in total. The minimum absolute atomic E-state index is 0.787. The van der Waals surface area contributed by atoms with E-state index in [-0.39, 0.29) is 0 Å². The molecular weight excluding hydrogens is 280 g/mol. The normalized spacial score (nSPS) is 10.8. The number of hydrogen-bond acceptors (Lipinski definition) is 2. The lowest BCUT2D eigenvalue weighted by Crippen LogP contribution is -2.16. The monoisotopic (exact) mass is 298 g/mol. The number of carbonyl (C=O) groups is 1. The summed E-state index contributed by atoms with van der Waals surface area (Å²) in [5.41, 5.74) is 6.89. The van der Waals surface area contributed by atoms with E-state index < -0.39 is 8.07 Å². The van der Waals surface area contributed by atoms with Crippen molar-refractivity contribution in [1.29, 1.82) is 0 Å². The maximum absolute atomic E-state index is 10.7. The molecule has 3 heteroatoms. The molecule has 1 aromatic carbocycles. The fourth-order valence-electron chi connectivity index (χ4n) is 1.80. The van der Waals surface area contributed by atoms with Crippen molar-refractivity contribution in [3.05, 3.63) is 57.3 Å². The predicted octanol–water partition coefficient (Wildman–Crippen LogP) is 4.38. The van der Waals surface area contributed by atoms with E-state index in [1.165, 1.54) is 22.5 Å². The minimum Gasteiger partial charge on any atom is -0.297 e. The Morgan fingerprint density at radius 2 is 2.00 bits per heavy atom. The van der Waals surface area contributed by atoms with E-state index in [0.717, 1.165) is 23.1 Å². The van der Waals surface area contributed by atoms with Crippen LogP contribution in [0.4, 0.5) is 0 Å². The minimum atomic E-state index is -1.33. The standard InChI is InChI=1S/C17H18OSSi/c1-20(2,3)8-7-14-5-4-6-15(9-14)10-16-11-17(12-18)19-13-16/h4-6,9,11-13H,10H2,1-3H3. The second-order valence-electron chi connectivity index (χ2n) is 5.85. The Bertz CT molecular complexity index is 668. The fourth-order valence-corrected chi connectivity index (χ4v) is 3.04. The zero-order chi connectivity index (χ0) is 14.6. The molecule has 1 aromatic heterocycles. The Balaban J connectivity index is 2.17. The van der Waals surface area contributed by atoms with Gasteiger partial charge in [-0.2, -0.15) is 0 Å². The molecule has 2 rings (SSSR count). The second-order valence-corrected chi connectivity index (χ2v) is 11.5. The first kappa shape index (κ1) is 14.8. The van der Waals surface area contributed by atoms with Crippen LogP contribution in [0, 0.1) is 11.5 Å². The molecule has 1 heterocycles. The predicted molar refractivity (Wildman–Crippen MR) is 89.2 cm³/mol. The van der Waals surface area contributed by atoms with E-state index in [4.69, 9.17) is 0 Å². The van der Waals surface area contributed by atoms with Gasteiger partial charge in [0.15, 0.2) is 6.29 Å². The van der Waals surface area contributed by atoms with E-state index in [9.17, 15) is 4.79 Å². The highest BCUT2D eigenvalue weighted by Gasteiger charge is 2.07. The van der Waals surface area contributed by atoms with Crippen LogP contribution in [0.25, 0.3) is 0 Å². The second kappa shape index (κ2) is 6.21. The largest absolute Gasteiger partial charge is 0.297 e. The lowest BCUT2D eigenvalue weighted by atomic mass is 10.1. The zero-order valence-electron chi connectivity index (χ0n) is 12.1. The first-order valence-electron chi connectivity index (χ1n) is 6.61. The average Bonchev–Trinajstić information content (AvgIpc) is 2.84. The first-order chi connectivity index (χ1) is 9.46. The summed E-state index contributed by atoms with van der Waals surface area (Å²) in [6.07, 6.45) is 1.76. The Morgan fingerprint density at radius 1 is 1.20 bits per heavy atom. The number of aldehydes is 1. The van der Waals surface area contributed by atoms with Gasteiger partial charge in [-0.3, -0.25) is 4.79 Å². The molecule has 0 amide bonds. The molecule has 0 saturated carbocycles. The van der Waals surface area contributed by atoms with Crippen LogP contribution >= 0.6 is 11.3 Å². The van der Waals surface area contributed by atoms with Crippen molar-refractivity contribution in [3.8, 4) is 11.5 Å². The van der Waals surface area contributed by atoms with Gasteiger partial charge in [0.05, 0.1) is 4.88 Å². The quantitative estimate of drug-likeness (QED) is 0.467. The van der Waals surface area contributed by atoms with Crippen molar-refractivity contribution in [3.63, 3.8) is 0 Å². The lowest BCUT2D eigenvalue weighted by molar-refractivity contribution is 0.112. The number of carbonyl (C=O) groups excluding carboxylic acids is 1. The summed E-state index contributed by atoms with van der Waals surface area (Å²) in [6, 6.07) is 10.3. The van der Waals surface area contributed by atoms with Crippen molar-refractivity contribution < 1.29 is 4.79 Å². The maximum atomic E-state index is 10.7. The summed E-state index contributed by atoms with van der Waals surface area (Å²) < 4.78 is 0. The van der Waals surface area contributed by atoms with Gasteiger partial charge >= 0.3 is 0 Å². The summed E-state index contributed by atoms with van der Waals surface area (Å²) in [5.74, 6) is 3.29. The van der Waals surface area contributed by atoms with E-state index in [1.54, 1.807) is 0 Å². The molecule has 1 nitrogen and oxygen atoms in total. The zero-order valence-corrected chi connectivity index (χ0v) is 13.9. The summed E-state index contributed by atoms with van der Waals surface area (Å²) in [7, 11) is -1.33. The number of hydrogen-bond donors (Lipinski definition) is 0. The Morgan fingerprint density at radius 3 is 2.65 bits per heavy atom. The molecule has 0 bridgehead atoms. The van der Waals surface area contributed by atoms with Crippen LogP contribution in [0.15, 0.2) is 35.7 Å². The third-order valence-electron chi connectivity index (χ3n) is 2.71. The van der Waals surface area contributed by atoms with Crippen molar-refractivity contribution in [2.24, 2.45) is 0 Å². The number of thiophene rings is 1. The Kier molecular flexibility index (Phi) is 4.59. The molecule has 0 unspecified atom stereocenters. The van der Waals surface area contributed by atoms with Gasteiger partial charge < -0.3 is 0 Å². The molecule has 0 radical (unpaired) electrons. The lowest BCUT2D eigenvalue weighted by Gasteiger charge is -2.04. The third kappa shape index (κ3) is 4.48. The van der Waals surface area contributed by atoms with Gasteiger partial charge in [-0.1, -0.05) is 37.7 Å². The molecule has 0 saturated heterocycles. The van der Waals surface area contributed by atoms with Gasteiger partial charge in [0.2, 0.25) is 0 Å². The van der Waals surface area contributed by atoms with Gasteiger partial charge in [0.25, 0.3) is 0 Å². The number of rotatable bonds is 3. The van der Waals surface area contributed by atoms with Gasteiger partial charge in [-0.25, -0.2) is 0 Å². The highest BCUT2D eigenvalue weighted by molar-refractivity contribution is 7.11. The van der Waals surface area contributed by atoms with E-state index in [2.05, 4.69) is 55.4 Å². The molecule has 20 heavy (non-hydrogen) atoms. The van der Waals surface area contributed by atoms with E-state index in [1.807, 2.05) is 11.4 Å². The fraction of sp³-hybridized carbons (Fsp3) is 0.235. The molecule has 2 aromatic rings. The Labute approximate surface area is 125 Å². The van der Waals surface area contributed by atoms with Crippen molar-refractivity contribution in [2.75, 3.05) is 0 Å². The smallest absolute Gasteiger partial charge is 0.160 e. The van der Waals surface area contributed by atoms with Crippen LogP contribution in [0.3, 0.4) is 0 Å². The van der Waals surface area contributed by atoms with Gasteiger partial charge in [0, 0.05) is 5.56 Å². The third-order valence-corrected chi connectivity index (χ3v) is 4.49.